The van der Waals surface area contributed by atoms with Crippen molar-refractivity contribution in [2.75, 3.05) is 13.1 Å². The van der Waals surface area contributed by atoms with Crippen molar-refractivity contribution in [2.45, 2.75) is 26.2 Å². The summed E-state index contributed by atoms with van der Waals surface area (Å²) in [5.41, 5.74) is 0. The topological polar surface area (TPSA) is 83.6 Å². The number of hydrogen-bond donors (Lipinski definition) is 1. The predicted octanol–water partition coefficient (Wildman–Crippen LogP) is -0.213. The van der Waals surface area contributed by atoms with Crippen LogP contribution in [0.2, 0.25) is 0 Å². The van der Waals surface area contributed by atoms with Gasteiger partial charge in [-0.25, -0.2) is 0 Å². The van der Waals surface area contributed by atoms with Crippen LogP contribution in [0, 0.1) is 0 Å². The first-order valence-electron chi connectivity index (χ1n) is 5.80. The van der Waals surface area contributed by atoms with Crippen LogP contribution in [0.3, 0.4) is 0 Å². The van der Waals surface area contributed by atoms with Gasteiger partial charge in [-0.3, -0.25) is 24.1 Å². The molecule has 0 aromatic carbocycles. The quantitative estimate of drug-likeness (QED) is 0.502. The van der Waals surface area contributed by atoms with Crippen LogP contribution in [0.5, 0.6) is 0 Å². The number of rotatable bonds is 7. The SMILES string of the molecule is CC(=O)NCCCC(=O)CCN1C(=O)C=CC1=O. The average molecular weight is 252 g/mol. The van der Waals surface area contributed by atoms with Crippen LogP contribution >= 0.6 is 0 Å². The molecular formula is C12H16N2O4. The van der Waals surface area contributed by atoms with Crippen molar-refractivity contribution in [1.82, 2.24) is 10.2 Å². The van der Waals surface area contributed by atoms with Gasteiger partial charge in [0.2, 0.25) is 5.91 Å². The maximum Gasteiger partial charge on any atom is 0.253 e. The van der Waals surface area contributed by atoms with Gasteiger partial charge in [0.25, 0.3) is 11.8 Å². The number of nitrogens with zero attached hydrogens (tertiary/aromatic N) is 1. The smallest absolute Gasteiger partial charge is 0.253 e. The van der Waals surface area contributed by atoms with Crippen LogP contribution in [0.1, 0.15) is 26.2 Å². The lowest BCUT2D eigenvalue weighted by atomic mass is 10.1. The highest BCUT2D eigenvalue weighted by Gasteiger charge is 2.23. The first-order valence-corrected chi connectivity index (χ1v) is 5.80. The fourth-order valence-corrected chi connectivity index (χ4v) is 1.56. The van der Waals surface area contributed by atoms with Gasteiger partial charge in [0.05, 0.1) is 0 Å². The molecule has 1 aliphatic rings. The maximum atomic E-state index is 11.5. The number of carbonyl (C=O) groups excluding carboxylic acids is 4. The first kappa shape index (κ1) is 14.1. The number of imide groups is 1. The monoisotopic (exact) mass is 252 g/mol. The van der Waals surface area contributed by atoms with Crippen LogP contribution in [-0.4, -0.2) is 41.5 Å². The summed E-state index contributed by atoms with van der Waals surface area (Å²) < 4.78 is 0. The lowest BCUT2D eigenvalue weighted by molar-refractivity contribution is -0.137. The molecule has 0 fully saturated rings. The Bertz CT molecular complexity index is 383. The third-order valence-electron chi connectivity index (χ3n) is 2.52. The first-order chi connectivity index (χ1) is 8.50. The number of amides is 3. The van der Waals surface area contributed by atoms with E-state index in [9.17, 15) is 19.2 Å². The van der Waals surface area contributed by atoms with E-state index in [1.807, 2.05) is 0 Å². The van der Waals surface area contributed by atoms with Crippen LogP contribution in [0.4, 0.5) is 0 Å². The van der Waals surface area contributed by atoms with Gasteiger partial charge in [-0.05, 0) is 6.42 Å². The van der Waals surface area contributed by atoms with Crippen LogP contribution in [0.25, 0.3) is 0 Å². The molecule has 6 heteroatoms. The van der Waals surface area contributed by atoms with Gasteiger partial charge in [0, 0.05) is 45.0 Å². The third-order valence-corrected chi connectivity index (χ3v) is 2.52. The van der Waals surface area contributed by atoms with Crippen molar-refractivity contribution in [3.8, 4) is 0 Å². The molecular weight excluding hydrogens is 236 g/mol. The standard InChI is InChI=1S/C12H16N2O4/c1-9(15)13-7-2-3-10(16)6-8-14-11(17)4-5-12(14)18/h4-5H,2-3,6-8H2,1H3,(H,13,15). The number of nitrogens with one attached hydrogen (secondary N) is 1. The molecule has 0 aromatic heterocycles. The maximum absolute atomic E-state index is 11.5. The Morgan fingerprint density at radius 3 is 2.33 bits per heavy atom. The van der Waals surface area contributed by atoms with Gasteiger partial charge < -0.3 is 5.32 Å². The van der Waals surface area contributed by atoms with Crippen LogP contribution in [-0.2, 0) is 19.2 Å². The van der Waals surface area contributed by atoms with Gasteiger partial charge in [0.15, 0.2) is 0 Å². The fourth-order valence-electron chi connectivity index (χ4n) is 1.56. The van der Waals surface area contributed by atoms with Crippen molar-refractivity contribution >= 4 is 23.5 Å². The Labute approximate surface area is 105 Å². The Hall–Kier alpha value is -1.98. The average Bonchev–Trinajstić information content (AvgIpc) is 2.62. The number of carbonyl (C=O) groups is 4. The number of hydrogen-bond acceptors (Lipinski definition) is 4. The highest BCUT2D eigenvalue weighted by Crippen LogP contribution is 2.05. The summed E-state index contributed by atoms with van der Waals surface area (Å²) in [5.74, 6) is -0.883. The fraction of sp³-hybridized carbons (Fsp3) is 0.500. The molecule has 98 valence electrons. The molecule has 0 aliphatic carbocycles. The summed E-state index contributed by atoms with van der Waals surface area (Å²) in [6.07, 6.45) is 3.47. The predicted molar refractivity (Wildman–Crippen MR) is 63.4 cm³/mol. The van der Waals surface area contributed by atoms with Crippen LogP contribution < -0.4 is 5.32 Å². The minimum Gasteiger partial charge on any atom is -0.356 e. The lowest BCUT2D eigenvalue weighted by Gasteiger charge is -2.12. The summed E-state index contributed by atoms with van der Waals surface area (Å²) in [5, 5.41) is 2.59. The third kappa shape index (κ3) is 4.48. The molecule has 0 bridgehead atoms. The number of Topliss-reactive ketones (excluding diaryl/α,β-unsaturated/α-hetero) is 1. The minimum absolute atomic E-state index is 0.0205. The highest BCUT2D eigenvalue weighted by atomic mass is 16.2. The Balaban J connectivity index is 2.16. The Kier molecular flexibility index (Phi) is 5.23. The van der Waals surface area contributed by atoms with Gasteiger partial charge >= 0.3 is 0 Å². The summed E-state index contributed by atoms with van der Waals surface area (Å²) >= 11 is 0. The van der Waals surface area contributed by atoms with Gasteiger partial charge in [-0.15, -0.1) is 0 Å². The second-order valence-corrected chi connectivity index (χ2v) is 4.04. The minimum atomic E-state index is -0.369. The molecule has 1 N–H and O–H groups in total. The van der Waals surface area contributed by atoms with E-state index in [-0.39, 0.29) is 36.5 Å². The summed E-state index contributed by atoms with van der Waals surface area (Å²) in [4.78, 5) is 45.5. The molecule has 1 rings (SSSR count). The Morgan fingerprint density at radius 1 is 1.17 bits per heavy atom. The molecule has 1 heterocycles. The van der Waals surface area contributed by atoms with E-state index in [1.54, 1.807) is 0 Å². The van der Waals surface area contributed by atoms with E-state index in [0.717, 1.165) is 4.90 Å². The van der Waals surface area contributed by atoms with Gasteiger partial charge in [-0.1, -0.05) is 0 Å². The zero-order valence-corrected chi connectivity index (χ0v) is 10.3. The van der Waals surface area contributed by atoms with Crippen molar-refractivity contribution < 1.29 is 19.2 Å². The molecule has 0 unspecified atom stereocenters. The molecule has 0 radical (unpaired) electrons. The molecule has 1 aliphatic heterocycles. The molecule has 0 aromatic rings. The van der Waals surface area contributed by atoms with E-state index in [2.05, 4.69) is 5.32 Å². The molecule has 0 saturated carbocycles. The normalized spacial score (nSPS) is 14.2. The van der Waals surface area contributed by atoms with Crippen molar-refractivity contribution in [3.05, 3.63) is 12.2 Å². The van der Waals surface area contributed by atoms with Crippen LogP contribution in [0.15, 0.2) is 12.2 Å². The lowest BCUT2D eigenvalue weighted by Crippen LogP contribution is -2.32. The molecule has 18 heavy (non-hydrogen) atoms. The van der Waals surface area contributed by atoms with Crippen molar-refractivity contribution in [1.29, 1.82) is 0 Å². The van der Waals surface area contributed by atoms with E-state index in [1.165, 1.54) is 19.1 Å². The molecule has 0 saturated heterocycles. The van der Waals surface area contributed by atoms with E-state index >= 15 is 0 Å². The van der Waals surface area contributed by atoms with E-state index < -0.39 is 0 Å². The summed E-state index contributed by atoms with van der Waals surface area (Å²) in [7, 11) is 0. The molecule has 3 amide bonds. The van der Waals surface area contributed by atoms with Crippen molar-refractivity contribution in [2.24, 2.45) is 0 Å². The Morgan fingerprint density at radius 2 is 1.78 bits per heavy atom. The van der Waals surface area contributed by atoms with Gasteiger partial charge in [-0.2, -0.15) is 0 Å². The number of ketones is 1. The van der Waals surface area contributed by atoms with E-state index in [4.69, 9.17) is 0 Å². The van der Waals surface area contributed by atoms with Gasteiger partial charge in [0.1, 0.15) is 5.78 Å². The summed E-state index contributed by atoms with van der Waals surface area (Å²) in [6, 6.07) is 0. The summed E-state index contributed by atoms with van der Waals surface area (Å²) in [6.45, 7) is 2.01. The zero-order valence-electron chi connectivity index (χ0n) is 10.3. The van der Waals surface area contributed by atoms with Crippen molar-refractivity contribution in [3.63, 3.8) is 0 Å². The highest BCUT2D eigenvalue weighted by molar-refractivity contribution is 6.13. The molecule has 0 atom stereocenters. The second kappa shape index (κ2) is 6.68. The zero-order chi connectivity index (χ0) is 13.5. The van der Waals surface area contributed by atoms with E-state index in [0.29, 0.717) is 19.4 Å². The molecule has 0 spiro atoms. The molecule has 6 nitrogen and oxygen atoms in total. The largest absolute Gasteiger partial charge is 0.356 e. The second-order valence-electron chi connectivity index (χ2n) is 4.04.